The molecule has 5 heteroatoms. The summed E-state index contributed by atoms with van der Waals surface area (Å²) in [6.07, 6.45) is 3.19. The highest BCUT2D eigenvalue weighted by molar-refractivity contribution is 6.07. The molecule has 0 aromatic heterocycles. The van der Waals surface area contributed by atoms with Crippen LogP contribution in [0.25, 0.3) is 0 Å². The molecule has 1 aromatic carbocycles. The van der Waals surface area contributed by atoms with Gasteiger partial charge in [0.05, 0.1) is 12.7 Å². The van der Waals surface area contributed by atoms with Crippen molar-refractivity contribution in [3.05, 3.63) is 30.0 Å². The van der Waals surface area contributed by atoms with Gasteiger partial charge in [0.25, 0.3) is 0 Å². The fraction of sp³-hybridized carbons (Fsp3) is 0.357. The lowest BCUT2D eigenvalue weighted by Gasteiger charge is -2.21. The maximum absolute atomic E-state index is 12.1. The molecule has 0 amide bonds. The van der Waals surface area contributed by atoms with E-state index in [1.165, 1.54) is 13.2 Å². The SMILES string of the molecule is COc1c(C(=O)/C=C\N(C)C)ccc2c1OCCO2. The molecule has 0 aliphatic carbocycles. The van der Waals surface area contributed by atoms with Gasteiger partial charge in [-0.25, -0.2) is 0 Å². The number of nitrogens with zero attached hydrogens (tertiary/aromatic N) is 1. The minimum atomic E-state index is -0.137. The lowest BCUT2D eigenvalue weighted by Crippen LogP contribution is -2.17. The van der Waals surface area contributed by atoms with Gasteiger partial charge >= 0.3 is 0 Å². The van der Waals surface area contributed by atoms with E-state index in [-0.39, 0.29) is 5.78 Å². The van der Waals surface area contributed by atoms with Gasteiger partial charge in [-0.1, -0.05) is 0 Å². The highest BCUT2D eigenvalue weighted by Gasteiger charge is 2.22. The van der Waals surface area contributed by atoms with Crippen LogP contribution in [0.15, 0.2) is 24.4 Å². The number of hydrogen-bond acceptors (Lipinski definition) is 5. The number of methoxy groups -OCH3 is 1. The van der Waals surface area contributed by atoms with Crippen molar-refractivity contribution in [3.8, 4) is 17.2 Å². The Kier molecular flexibility index (Phi) is 3.94. The van der Waals surface area contributed by atoms with Gasteiger partial charge < -0.3 is 19.1 Å². The van der Waals surface area contributed by atoms with Crippen LogP contribution in [0.4, 0.5) is 0 Å². The largest absolute Gasteiger partial charge is 0.492 e. The van der Waals surface area contributed by atoms with E-state index in [9.17, 15) is 4.79 Å². The van der Waals surface area contributed by atoms with Crippen molar-refractivity contribution in [2.45, 2.75) is 0 Å². The monoisotopic (exact) mass is 263 g/mol. The van der Waals surface area contributed by atoms with Crippen LogP contribution in [0.1, 0.15) is 10.4 Å². The molecule has 0 N–H and O–H groups in total. The molecular formula is C14H17NO4. The summed E-state index contributed by atoms with van der Waals surface area (Å²) in [5.41, 5.74) is 0.463. The number of carbonyl (C=O) groups is 1. The Labute approximate surface area is 112 Å². The van der Waals surface area contributed by atoms with Gasteiger partial charge in [0, 0.05) is 26.4 Å². The zero-order chi connectivity index (χ0) is 13.8. The minimum Gasteiger partial charge on any atom is -0.492 e. The Balaban J connectivity index is 2.38. The predicted octanol–water partition coefficient (Wildman–Crippen LogP) is 1.72. The van der Waals surface area contributed by atoms with E-state index < -0.39 is 0 Å². The van der Waals surface area contributed by atoms with Crippen LogP contribution in [-0.2, 0) is 0 Å². The van der Waals surface area contributed by atoms with Crippen molar-refractivity contribution < 1.29 is 19.0 Å². The van der Waals surface area contributed by atoms with Gasteiger partial charge in [0.2, 0.25) is 5.75 Å². The third-order valence-corrected chi connectivity index (χ3v) is 2.66. The lowest BCUT2D eigenvalue weighted by molar-refractivity contribution is 0.104. The van der Waals surface area contributed by atoms with Gasteiger partial charge in [0.15, 0.2) is 17.3 Å². The average Bonchev–Trinajstić information content (AvgIpc) is 2.43. The number of carbonyl (C=O) groups excluding carboxylic acids is 1. The number of benzene rings is 1. The molecule has 0 unspecified atom stereocenters. The van der Waals surface area contributed by atoms with Crippen LogP contribution in [0.2, 0.25) is 0 Å². The Bertz CT molecular complexity index is 508. The van der Waals surface area contributed by atoms with Gasteiger partial charge in [-0.2, -0.15) is 0 Å². The number of fused-ring (bicyclic) bond motifs is 1. The highest BCUT2D eigenvalue weighted by Crippen LogP contribution is 2.41. The summed E-state index contributed by atoms with van der Waals surface area (Å²) >= 11 is 0. The first-order valence-corrected chi connectivity index (χ1v) is 5.99. The Morgan fingerprint density at radius 2 is 2.05 bits per heavy atom. The summed E-state index contributed by atoms with van der Waals surface area (Å²) in [6.45, 7) is 0.957. The van der Waals surface area contributed by atoms with Crippen molar-refractivity contribution in [1.29, 1.82) is 0 Å². The van der Waals surface area contributed by atoms with E-state index in [2.05, 4.69) is 0 Å². The molecule has 1 aliphatic heterocycles. The summed E-state index contributed by atoms with van der Waals surface area (Å²) in [4.78, 5) is 13.9. The first-order valence-electron chi connectivity index (χ1n) is 5.99. The Hall–Kier alpha value is -2.17. The maximum atomic E-state index is 12.1. The second-order valence-corrected chi connectivity index (χ2v) is 4.31. The van der Waals surface area contributed by atoms with Crippen LogP contribution in [0.5, 0.6) is 17.2 Å². The first kappa shape index (κ1) is 13.3. The molecule has 5 nitrogen and oxygen atoms in total. The zero-order valence-corrected chi connectivity index (χ0v) is 11.3. The molecule has 0 spiro atoms. The normalized spacial score (nSPS) is 13.4. The topological polar surface area (TPSA) is 48.0 Å². The molecule has 0 saturated heterocycles. The molecule has 0 saturated carbocycles. The summed E-state index contributed by atoms with van der Waals surface area (Å²) in [5, 5.41) is 0. The van der Waals surface area contributed by atoms with E-state index in [0.717, 1.165) is 0 Å². The summed E-state index contributed by atoms with van der Waals surface area (Å²) in [5.74, 6) is 1.39. The van der Waals surface area contributed by atoms with Crippen LogP contribution < -0.4 is 14.2 Å². The molecule has 1 aromatic rings. The van der Waals surface area contributed by atoms with Crippen LogP contribution in [-0.4, -0.2) is 45.1 Å². The second kappa shape index (κ2) is 5.65. The standard InChI is InChI=1S/C14H17NO4/c1-15(2)7-6-11(16)10-4-5-12-14(13(10)17-3)19-9-8-18-12/h4-7H,8-9H2,1-3H3/b7-6-. The Morgan fingerprint density at radius 1 is 1.32 bits per heavy atom. The van der Waals surface area contributed by atoms with Gasteiger partial charge in [-0.3, -0.25) is 4.79 Å². The molecule has 0 fully saturated rings. The van der Waals surface area contributed by atoms with E-state index in [4.69, 9.17) is 14.2 Å². The molecule has 1 heterocycles. The third-order valence-electron chi connectivity index (χ3n) is 2.66. The second-order valence-electron chi connectivity index (χ2n) is 4.31. The van der Waals surface area contributed by atoms with Crippen LogP contribution >= 0.6 is 0 Å². The molecule has 0 bridgehead atoms. The molecule has 0 atom stereocenters. The third kappa shape index (κ3) is 2.81. The number of allylic oxidation sites excluding steroid dienone is 1. The molecule has 102 valence electrons. The number of hydrogen-bond donors (Lipinski definition) is 0. The number of rotatable bonds is 4. The van der Waals surface area contributed by atoms with Crippen molar-refractivity contribution in [2.75, 3.05) is 34.4 Å². The molecule has 1 aliphatic rings. The van der Waals surface area contributed by atoms with E-state index >= 15 is 0 Å². The van der Waals surface area contributed by atoms with E-state index in [1.807, 2.05) is 14.1 Å². The zero-order valence-electron chi connectivity index (χ0n) is 11.3. The van der Waals surface area contributed by atoms with Crippen molar-refractivity contribution in [1.82, 2.24) is 4.90 Å². The summed E-state index contributed by atoms with van der Waals surface area (Å²) in [6, 6.07) is 3.42. The molecule has 2 rings (SSSR count). The van der Waals surface area contributed by atoms with Crippen molar-refractivity contribution in [3.63, 3.8) is 0 Å². The van der Waals surface area contributed by atoms with Crippen molar-refractivity contribution in [2.24, 2.45) is 0 Å². The first-order chi connectivity index (χ1) is 9.13. The quantitative estimate of drug-likeness (QED) is 0.611. The van der Waals surface area contributed by atoms with Gasteiger partial charge in [-0.15, -0.1) is 0 Å². The van der Waals surface area contributed by atoms with Gasteiger partial charge in [-0.05, 0) is 12.1 Å². The molecule has 19 heavy (non-hydrogen) atoms. The fourth-order valence-electron chi connectivity index (χ4n) is 1.79. The summed E-state index contributed by atoms with van der Waals surface area (Å²) in [7, 11) is 5.22. The Morgan fingerprint density at radius 3 is 2.74 bits per heavy atom. The maximum Gasteiger partial charge on any atom is 0.204 e. The minimum absolute atomic E-state index is 0.137. The van der Waals surface area contributed by atoms with E-state index in [0.29, 0.717) is 36.0 Å². The van der Waals surface area contributed by atoms with Crippen molar-refractivity contribution >= 4 is 5.78 Å². The number of ether oxygens (including phenoxy) is 3. The fourth-order valence-corrected chi connectivity index (χ4v) is 1.79. The van der Waals surface area contributed by atoms with Crippen LogP contribution in [0, 0.1) is 0 Å². The molecular weight excluding hydrogens is 246 g/mol. The van der Waals surface area contributed by atoms with Gasteiger partial charge in [0.1, 0.15) is 13.2 Å². The van der Waals surface area contributed by atoms with Crippen LogP contribution in [0.3, 0.4) is 0 Å². The predicted molar refractivity (Wildman–Crippen MR) is 71.1 cm³/mol. The lowest BCUT2D eigenvalue weighted by atomic mass is 10.1. The average molecular weight is 263 g/mol. The smallest absolute Gasteiger partial charge is 0.204 e. The summed E-state index contributed by atoms with van der Waals surface area (Å²) < 4.78 is 16.3. The number of ketones is 1. The molecule has 0 radical (unpaired) electrons. The highest BCUT2D eigenvalue weighted by atomic mass is 16.6. The van der Waals surface area contributed by atoms with E-state index in [1.54, 1.807) is 23.2 Å².